The first-order valence-electron chi connectivity index (χ1n) is 5.97. The zero-order chi connectivity index (χ0) is 14.1. The first kappa shape index (κ1) is 15.1. The Hall–Kier alpha value is -1.91. The van der Waals surface area contributed by atoms with Crippen LogP contribution in [0.3, 0.4) is 0 Å². The summed E-state index contributed by atoms with van der Waals surface area (Å²) in [5.74, 6) is -0.790. The largest absolute Gasteiger partial charge is 0.481 e. The molecule has 2 aromatic carbocycles. The fourth-order valence-electron chi connectivity index (χ4n) is 1.70. The Morgan fingerprint density at radius 2 is 1.84 bits per heavy atom. The average molecular weight is 262 g/mol. The summed E-state index contributed by atoms with van der Waals surface area (Å²) in [6.45, 7) is 0.566. The minimum Gasteiger partial charge on any atom is -0.481 e. The van der Waals surface area contributed by atoms with Crippen LogP contribution in [0.4, 0.5) is 0 Å². The lowest BCUT2D eigenvalue weighted by atomic mass is 10.0. The summed E-state index contributed by atoms with van der Waals surface area (Å²) in [6, 6.07) is 13.5. The third-order valence-corrected chi connectivity index (χ3v) is 2.52. The lowest BCUT2D eigenvalue weighted by Gasteiger charge is -2.02. The van der Waals surface area contributed by atoms with Gasteiger partial charge in [-0.2, -0.15) is 0 Å². The van der Waals surface area contributed by atoms with Gasteiger partial charge in [0.1, 0.15) is 0 Å². The van der Waals surface area contributed by atoms with Crippen molar-refractivity contribution in [1.82, 2.24) is 0 Å². The highest BCUT2D eigenvalue weighted by Crippen LogP contribution is 2.18. The van der Waals surface area contributed by atoms with E-state index in [1.807, 2.05) is 42.5 Å². The fraction of sp³-hybridized carbons (Fsp3) is 0.267. The number of carboxylic acids is 1. The topological polar surface area (TPSA) is 66.8 Å². The van der Waals surface area contributed by atoms with Crippen LogP contribution in [0.25, 0.3) is 10.8 Å². The molecule has 0 aliphatic carbocycles. The lowest BCUT2D eigenvalue weighted by molar-refractivity contribution is -0.136. The summed E-state index contributed by atoms with van der Waals surface area (Å²) in [7, 11) is 1.55. The Morgan fingerprint density at radius 1 is 1.16 bits per heavy atom. The number of aliphatic hydroxyl groups excluding tert-OH is 1. The Morgan fingerprint density at radius 3 is 2.42 bits per heavy atom. The molecule has 0 heterocycles. The van der Waals surface area contributed by atoms with Crippen molar-refractivity contribution in [2.24, 2.45) is 0 Å². The second-order valence-corrected chi connectivity index (χ2v) is 3.93. The maximum Gasteiger partial charge on any atom is 0.307 e. The molecule has 0 aliphatic heterocycles. The van der Waals surface area contributed by atoms with Crippen molar-refractivity contribution in [3.8, 4) is 0 Å². The van der Waals surface area contributed by atoms with E-state index in [0.717, 1.165) is 16.3 Å². The van der Waals surface area contributed by atoms with Gasteiger partial charge in [-0.05, 0) is 16.3 Å². The van der Waals surface area contributed by atoms with E-state index < -0.39 is 5.97 Å². The number of benzene rings is 2. The maximum atomic E-state index is 10.6. The number of hydrogen-bond donors (Lipinski definition) is 2. The van der Waals surface area contributed by atoms with E-state index in [1.165, 1.54) is 0 Å². The molecule has 0 fully saturated rings. The van der Waals surface area contributed by atoms with Gasteiger partial charge in [0.15, 0.2) is 0 Å². The second kappa shape index (κ2) is 8.24. The Kier molecular flexibility index (Phi) is 6.57. The molecule has 102 valence electrons. The van der Waals surface area contributed by atoms with Gasteiger partial charge in [0.2, 0.25) is 0 Å². The van der Waals surface area contributed by atoms with Crippen molar-refractivity contribution in [2.75, 3.05) is 20.3 Å². The number of fused-ring (bicyclic) bond motifs is 1. The summed E-state index contributed by atoms with van der Waals surface area (Å²) in [4.78, 5) is 10.6. The summed E-state index contributed by atoms with van der Waals surface area (Å²) >= 11 is 0. The standard InChI is InChI=1S/C12H10O2.C3H8O2/c13-12(14)8-10-6-3-5-9-4-1-2-7-11(9)10;1-5-3-2-4/h1-7H,8H2,(H,13,14);4H,2-3H2,1H3. The van der Waals surface area contributed by atoms with Gasteiger partial charge in [0, 0.05) is 7.11 Å². The van der Waals surface area contributed by atoms with Crippen LogP contribution in [0.1, 0.15) is 5.56 Å². The van der Waals surface area contributed by atoms with Crippen LogP contribution in [0.2, 0.25) is 0 Å². The van der Waals surface area contributed by atoms with Crippen molar-refractivity contribution >= 4 is 16.7 Å². The summed E-state index contributed by atoms with van der Waals surface area (Å²) in [5.41, 5.74) is 0.871. The molecular weight excluding hydrogens is 244 g/mol. The third-order valence-electron chi connectivity index (χ3n) is 2.52. The SMILES string of the molecule is COCCO.O=C(O)Cc1cccc2ccccc12. The molecule has 0 aliphatic rings. The molecule has 4 heteroatoms. The van der Waals surface area contributed by atoms with Crippen molar-refractivity contribution in [3.63, 3.8) is 0 Å². The van der Waals surface area contributed by atoms with Gasteiger partial charge < -0.3 is 14.9 Å². The predicted molar refractivity (Wildman–Crippen MR) is 74.2 cm³/mol. The zero-order valence-electron chi connectivity index (χ0n) is 10.9. The summed E-state index contributed by atoms with van der Waals surface area (Å²) in [5, 5.41) is 18.8. The van der Waals surface area contributed by atoms with Crippen LogP contribution < -0.4 is 0 Å². The molecule has 0 unspecified atom stereocenters. The molecule has 0 radical (unpaired) electrons. The number of ether oxygens (including phenoxy) is 1. The first-order chi connectivity index (χ1) is 9.19. The van der Waals surface area contributed by atoms with Gasteiger partial charge >= 0.3 is 5.97 Å². The second-order valence-electron chi connectivity index (χ2n) is 3.93. The molecule has 2 N–H and O–H groups in total. The molecule has 0 bridgehead atoms. The van der Waals surface area contributed by atoms with Gasteiger partial charge in [-0.15, -0.1) is 0 Å². The van der Waals surface area contributed by atoms with E-state index >= 15 is 0 Å². The van der Waals surface area contributed by atoms with Gasteiger partial charge in [0.25, 0.3) is 0 Å². The predicted octanol–water partition coefficient (Wildman–Crippen LogP) is 2.09. The number of rotatable bonds is 4. The van der Waals surface area contributed by atoms with Crippen LogP contribution in [0, 0.1) is 0 Å². The molecule has 0 saturated carbocycles. The molecule has 0 spiro atoms. The highest BCUT2D eigenvalue weighted by Gasteiger charge is 2.03. The molecule has 4 nitrogen and oxygen atoms in total. The van der Waals surface area contributed by atoms with E-state index in [-0.39, 0.29) is 13.0 Å². The van der Waals surface area contributed by atoms with Gasteiger partial charge in [-0.3, -0.25) is 4.79 Å². The minimum atomic E-state index is -0.790. The van der Waals surface area contributed by atoms with Crippen molar-refractivity contribution < 1.29 is 19.7 Å². The van der Waals surface area contributed by atoms with Crippen LogP contribution in [0.5, 0.6) is 0 Å². The molecule has 0 aromatic heterocycles. The quantitative estimate of drug-likeness (QED) is 0.885. The van der Waals surface area contributed by atoms with Gasteiger partial charge in [-0.1, -0.05) is 42.5 Å². The molecule has 2 aromatic rings. The number of hydrogen-bond acceptors (Lipinski definition) is 3. The highest BCUT2D eigenvalue weighted by molar-refractivity contribution is 5.88. The van der Waals surface area contributed by atoms with E-state index in [2.05, 4.69) is 4.74 Å². The van der Waals surface area contributed by atoms with Crippen LogP contribution in [-0.4, -0.2) is 36.5 Å². The molecule has 19 heavy (non-hydrogen) atoms. The Bertz CT molecular complexity index is 515. The minimum absolute atomic E-state index is 0.0847. The van der Waals surface area contributed by atoms with E-state index in [9.17, 15) is 4.79 Å². The van der Waals surface area contributed by atoms with Crippen molar-refractivity contribution in [1.29, 1.82) is 0 Å². The number of methoxy groups -OCH3 is 1. The summed E-state index contributed by atoms with van der Waals surface area (Å²) in [6.07, 6.45) is 0.0847. The molecule has 0 atom stereocenters. The van der Waals surface area contributed by atoms with Crippen LogP contribution in [0.15, 0.2) is 42.5 Å². The van der Waals surface area contributed by atoms with E-state index in [0.29, 0.717) is 6.61 Å². The fourth-order valence-corrected chi connectivity index (χ4v) is 1.70. The number of carbonyl (C=O) groups is 1. The zero-order valence-corrected chi connectivity index (χ0v) is 10.9. The monoisotopic (exact) mass is 262 g/mol. The van der Waals surface area contributed by atoms with Gasteiger partial charge in [-0.25, -0.2) is 0 Å². The third kappa shape index (κ3) is 5.07. The smallest absolute Gasteiger partial charge is 0.307 e. The lowest BCUT2D eigenvalue weighted by Crippen LogP contribution is -2.00. The summed E-state index contributed by atoms with van der Waals surface area (Å²) < 4.78 is 4.44. The van der Waals surface area contributed by atoms with E-state index in [4.69, 9.17) is 10.2 Å². The molecule has 2 rings (SSSR count). The van der Waals surface area contributed by atoms with Crippen LogP contribution in [-0.2, 0) is 16.0 Å². The molecule has 0 saturated heterocycles. The Balaban J connectivity index is 0.000000312. The highest BCUT2D eigenvalue weighted by atomic mass is 16.5. The normalized spacial score (nSPS) is 9.79. The number of carboxylic acid groups (broad SMARTS) is 1. The molecular formula is C15H18O4. The molecule has 0 amide bonds. The maximum absolute atomic E-state index is 10.6. The first-order valence-corrected chi connectivity index (χ1v) is 5.97. The van der Waals surface area contributed by atoms with Crippen molar-refractivity contribution in [2.45, 2.75) is 6.42 Å². The number of aliphatic carboxylic acids is 1. The van der Waals surface area contributed by atoms with Gasteiger partial charge in [0.05, 0.1) is 19.6 Å². The average Bonchev–Trinajstić information content (AvgIpc) is 2.40. The number of aliphatic hydroxyl groups is 1. The van der Waals surface area contributed by atoms with Crippen molar-refractivity contribution in [3.05, 3.63) is 48.0 Å². The van der Waals surface area contributed by atoms with E-state index in [1.54, 1.807) is 7.11 Å². The van der Waals surface area contributed by atoms with Crippen LogP contribution >= 0.6 is 0 Å². The Labute approximate surface area is 112 Å².